The first-order chi connectivity index (χ1) is 17.7. The first-order valence-electron chi connectivity index (χ1n) is 12.2. The summed E-state index contributed by atoms with van der Waals surface area (Å²) in [6, 6.07) is 12.9. The zero-order valence-electron chi connectivity index (χ0n) is 20.4. The molecule has 2 atom stereocenters. The van der Waals surface area contributed by atoms with Gasteiger partial charge in [0, 0.05) is 28.6 Å². The maximum absolute atomic E-state index is 11.3. The minimum absolute atomic E-state index is 0.261. The van der Waals surface area contributed by atoms with E-state index < -0.39 is 5.97 Å². The molecule has 4 nitrogen and oxygen atoms in total. The fourth-order valence-corrected chi connectivity index (χ4v) is 5.93. The fraction of sp³-hybridized carbons (Fsp3) is 0.267. The van der Waals surface area contributed by atoms with Crippen molar-refractivity contribution in [2.75, 3.05) is 6.61 Å². The van der Waals surface area contributed by atoms with Gasteiger partial charge in [-0.15, -0.1) is 12.6 Å². The number of hydrogen-bond acceptors (Lipinski definition) is 4. The van der Waals surface area contributed by atoms with Crippen LogP contribution in [0, 0.1) is 12.8 Å². The van der Waals surface area contributed by atoms with Gasteiger partial charge < -0.3 is 9.84 Å². The Hall–Kier alpha value is -2.73. The van der Waals surface area contributed by atoms with Crippen LogP contribution >= 0.6 is 35.8 Å². The molecule has 0 saturated heterocycles. The van der Waals surface area contributed by atoms with Gasteiger partial charge in [0.1, 0.15) is 12.4 Å². The number of halogens is 2. The van der Waals surface area contributed by atoms with E-state index in [2.05, 4.69) is 11.6 Å². The fourth-order valence-electron chi connectivity index (χ4n) is 4.85. The number of aromatic carboxylic acids is 1. The molecule has 190 valence electrons. The van der Waals surface area contributed by atoms with Crippen molar-refractivity contribution < 1.29 is 14.6 Å². The molecule has 0 aliphatic heterocycles. The maximum Gasteiger partial charge on any atom is 0.335 e. The van der Waals surface area contributed by atoms with E-state index in [9.17, 15) is 9.90 Å². The van der Waals surface area contributed by atoms with Gasteiger partial charge in [0.25, 0.3) is 0 Å². The number of thiol groups is 1. The van der Waals surface area contributed by atoms with E-state index in [0.29, 0.717) is 33.9 Å². The Balaban J connectivity index is 1.32. The Morgan fingerprint density at radius 2 is 1.92 bits per heavy atom. The van der Waals surface area contributed by atoms with Crippen LogP contribution in [0.2, 0.25) is 10.0 Å². The smallest absolute Gasteiger partial charge is 0.335 e. The van der Waals surface area contributed by atoms with Crippen LogP contribution in [0.5, 0.6) is 5.75 Å². The third-order valence-electron chi connectivity index (χ3n) is 7.14. The molecule has 7 heteroatoms. The number of ether oxygens (including phenoxy) is 1. The summed E-state index contributed by atoms with van der Waals surface area (Å²) in [6.45, 7) is 6.61. The van der Waals surface area contributed by atoms with E-state index in [4.69, 9.17) is 40.6 Å². The normalized spacial score (nSPS) is 19.2. The number of carbonyl (C=O) groups is 1. The highest BCUT2D eigenvalue weighted by Gasteiger charge is 2.40. The van der Waals surface area contributed by atoms with E-state index in [0.717, 1.165) is 57.6 Å². The molecule has 0 amide bonds. The molecule has 3 aromatic rings. The highest BCUT2D eigenvalue weighted by atomic mass is 35.5. The Kier molecular flexibility index (Phi) is 7.39. The summed E-state index contributed by atoms with van der Waals surface area (Å²) in [4.78, 5) is 16.5. The molecule has 2 aromatic carbocycles. The van der Waals surface area contributed by atoms with E-state index in [1.54, 1.807) is 30.6 Å². The minimum Gasteiger partial charge on any atom is -0.489 e. The molecule has 1 aromatic heterocycles. The van der Waals surface area contributed by atoms with Crippen LogP contribution in [0.3, 0.4) is 0 Å². The number of aryl methyl sites for hydroxylation is 1. The molecule has 2 aliphatic carbocycles. The van der Waals surface area contributed by atoms with Gasteiger partial charge in [0.05, 0.1) is 10.6 Å². The molecule has 37 heavy (non-hydrogen) atoms. The van der Waals surface area contributed by atoms with Gasteiger partial charge in [0.15, 0.2) is 0 Å². The molecule has 1 N–H and O–H groups in total. The number of carboxylic acid groups (broad SMARTS) is 1. The van der Waals surface area contributed by atoms with Crippen molar-refractivity contribution in [1.29, 1.82) is 0 Å². The molecule has 2 aliphatic rings. The van der Waals surface area contributed by atoms with E-state index >= 15 is 0 Å². The van der Waals surface area contributed by atoms with Crippen molar-refractivity contribution >= 4 is 47.4 Å². The lowest BCUT2D eigenvalue weighted by molar-refractivity contribution is 0.0696. The van der Waals surface area contributed by atoms with Gasteiger partial charge in [-0.05, 0) is 95.4 Å². The number of rotatable bonds is 9. The predicted octanol–water partition coefficient (Wildman–Crippen LogP) is 8.35. The van der Waals surface area contributed by atoms with Crippen molar-refractivity contribution in [1.82, 2.24) is 4.98 Å². The summed E-state index contributed by atoms with van der Waals surface area (Å²) in [5, 5.41) is 10.5. The average molecular weight is 553 g/mol. The SMILES string of the molecule is C=C(/C(COc1ccc(C2CC2c2cccc(C(=O)O)c2)c(Cl)c1)=C(\S)C1CC1)c1c(C)cncc1Cl. The van der Waals surface area contributed by atoms with Crippen LogP contribution in [-0.2, 0) is 0 Å². The Bertz CT molecular complexity index is 1410. The Labute approximate surface area is 232 Å². The molecular formula is C30H27Cl2NO3S. The minimum atomic E-state index is -0.915. The standard InChI is InChI=1S/C30H27Cl2NO3S/c1-16-13-33-14-27(32)28(16)17(2)25(29(37)18-6-7-18)15-36-21-8-9-22(26(31)11-21)24-12-23(24)19-4-3-5-20(10-19)30(34)35/h3-5,8-11,13-14,18,23-24,37H,2,6-7,12,15H2,1H3,(H,34,35)/b29-25-. The predicted molar refractivity (Wildman–Crippen MR) is 152 cm³/mol. The number of carboxylic acids is 1. The lowest BCUT2D eigenvalue weighted by atomic mass is 9.96. The molecule has 2 saturated carbocycles. The Morgan fingerprint density at radius 3 is 2.59 bits per heavy atom. The molecular weight excluding hydrogens is 525 g/mol. The molecule has 2 fully saturated rings. The topological polar surface area (TPSA) is 59.4 Å². The largest absolute Gasteiger partial charge is 0.489 e. The molecule has 0 bridgehead atoms. The van der Waals surface area contributed by atoms with E-state index in [1.807, 2.05) is 31.2 Å². The maximum atomic E-state index is 11.3. The van der Waals surface area contributed by atoms with Crippen LogP contribution in [0.25, 0.3) is 5.57 Å². The van der Waals surface area contributed by atoms with Gasteiger partial charge >= 0.3 is 5.97 Å². The monoisotopic (exact) mass is 551 g/mol. The van der Waals surface area contributed by atoms with Crippen molar-refractivity contribution in [2.45, 2.75) is 38.0 Å². The summed E-state index contributed by atoms with van der Waals surface area (Å²) in [5.74, 6) is 0.703. The number of pyridine rings is 1. The number of allylic oxidation sites excluding steroid dienone is 1. The third-order valence-corrected chi connectivity index (χ3v) is 8.38. The van der Waals surface area contributed by atoms with Gasteiger partial charge in [-0.3, -0.25) is 4.98 Å². The molecule has 0 radical (unpaired) electrons. The Morgan fingerprint density at radius 1 is 1.14 bits per heavy atom. The number of hydrogen-bond donors (Lipinski definition) is 2. The number of aromatic nitrogens is 1. The van der Waals surface area contributed by atoms with Crippen LogP contribution in [0.4, 0.5) is 0 Å². The molecule has 0 spiro atoms. The van der Waals surface area contributed by atoms with Crippen molar-refractivity contribution in [3.8, 4) is 5.75 Å². The summed E-state index contributed by atoms with van der Waals surface area (Å²) >= 11 is 18.0. The summed E-state index contributed by atoms with van der Waals surface area (Å²) in [7, 11) is 0. The third kappa shape index (κ3) is 5.59. The van der Waals surface area contributed by atoms with E-state index in [-0.39, 0.29) is 11.8 Å². The lowest BCUT2D eigenvalue weighted by Gasteiger charge is -2.18. The van der Waals surface area contributed by atoms with Gasteiger partial charge in [-0.25, -0.2) is 4.79 Å². The molecule has 2 unspecified atom stereocenters. The van der Waals surface area contributed by atoms with Gasteiger partial charge in [-0.1, -0.05) is 48.0 Å². The van der Waals surface area contributed by atoms with Gasteiger partial charge in [0.2, 0.25) is 0 Å². The van der Waals surface area contributed by atoms with Crippen LogP contribution < -0.4 is 4.74 Å². The van der Waals surface area contributed by atoms with Crippen LogP contribution in [0.1, 0.15) is 63.7 Å². The number of benzene rings is 2. The zero-order valence-corrected chi connectivity index (χ0v) is 22.8. The number of nitrogens with zero attached hydrogens (tertiary/aromatic N) is 1. The first-order valence-corrected chi connectivity index (χ1v) is 13.4. The van der Waals surface area contributed by atoms with Crippen molar-refractivity contribution in [2.24, 2.45) is 5.92 Å². The van der Waals surface area contributed by atoms with Crippen molar-refractivity contribution in [3.05, 3.63) is 110 Å². The summed E-state index contributed by atoms with van der Waals surface area (Å²) in [5.41, 5.74) is 5.93. The lowest BCUT2D eigenvalue weighted by Crippen LogP contribution is -2.07. The van der Waals surface area contributed by atoms with Crippen molar-refractivity contribution in [3.63, 3.8) is 0 Å². The summed E-state index contributed by atoms with van der Waals surface area (Å²) < 4.78 is 6.20. The highest BCUT2D eigenvalue weighted by molar-refractivity contribution is 7.84. The van der Waals surface area contributed by atoms with Crippen LogP contribution in [0.15, 0.2) is 71.9 Å². The highest BCUT2D eigenvalue weighted by Crippen LogP contribution is 2.56. The summed E-state index contributed by atoms with van der Waals surface area (Å²) in [6.07, 6.45) is 6.56. The second-order valence-corrected chi connectivity index (χ2v) is 11.1. The quantitative estimate of drug-likeness (QED) is 0.207. The van der Waals surface area contributed by atoms with Gasteiger partial charge in [-0.2, -0.15) is 0 Å². The van der Waals surface area contributed by atoms with Crippen LogP contribution in [-0.4, -0.2) is 22.7 Å². The second-order valence-electron chi connectivity index (χ2n) is 9.78. The first kappa shape index (κ1) is 25.9. The molecule has 1 heterocycles. The van der Waals surface area contributed by atoms with E-state index in [1.165, 1.54) is 0 Å². The average Bonchev–Trinajstić information content (AvgIpc) is 3.78. The molecule has 5 rings (SSSR count). The second kappa shape index (κ2) is 10.6. The zero-order chi connectivity index (χ0) is 26.3.